The number of piperidine rings is 1. The van der Waals surface area contributed by atoms with E-state index in [0.717, 1.165) is 0 Å². The molecule has 0 saturated carbocycles. The van der Waals surface area contributed by atoms with Gasteiger partial charge in [-0.2, -0.15) is 5.26 Å². The van der Waals surface area contributed by atoms with E-state index in [1.807, 2.05) is 6.07 Å². The van der Waals surface area contributed by atoms with Crippen LogP contribution in [0.4, 0.5) is 4.79 Å². The predicted molar refractivity (Wildman–Crippen MR) is 81.3 cm³/mol. The lowest BCUT2D eigenvalue weighted by Gasteiger charge is -2.43. The summed E-state index contributed by atoms with van der Waals surface area (Å²) in [6.45, 7) is 3.15. The molecule has 1 aromatic rings. The average molecular weight is 314 g/mol. The molecule has 2 aliphatic rings. The molecule has 0 unspecified atom stereocenters. The van der Waals surface area contributed by atoms with Crippen LogP contribution in [0, 0.1) is 11.3 Å². The van der Waals surface area contributed by atoms with E-state index in [4.69, 9.17) is 14.7 Å². The third-order valence-corrected chi connectivity index (χ3v) is 4.42. The van der Waals surface area contributed by atoms with Crippen molar-refractivity contribution in [2.45, 2.75) is 31.8 Å². The Balaban J connectivity index is 1.75. The van der Waals surface area contributed by atoms with E-state index in [1.54, 1.807) is 30.0 Å². The minimum Gasteiger partial charge on any atom is -0.486 e. The van der Waals surface area contributed by atoms with Crippen molar-refractivity contribution in [2.75, 3.05) is 19.7 Å². The number of ether oxygens (including phenoxy) is 2. The Kier molecular flexibility index (Phi) is 3.95. The minimum absolute atomic E-state index is 0.00654. The predicted octanol–water partition coefficient (Wildman–Crippen LogP) is 2.51. The first kappa shape index (κ1) is 15.3. The molecule has 2 heterocycles. The number of amides is 1. The maximum atomic E-state index is 12.5. The lowest BCUT2D eigenvalue weighted by molar-refractivity contribution is -0.00859. The number of carbonyl (C=O) groups excluding carboxylic acids is 2. The summed E-state index contributed by atoms with van der Waals surface area (Å²) >= 11 is 0. The van der Waals surface area contributed by atoms with E-state index in [0.29, 0.717) is 49.4 Å². The number of carbonyl (C=O) groups is 2. The van der Waals surface area contributed by atoms with Gasteiger partial charge in [-0.05, 0) is 25.1 Å². The van der Waals surface area contributed by atoms with Crippen LogP contribution in [-0.4, -0.2) is 42.1 Å². The summed E-state index contributed by atoms with van der Waals surface area (Å²) in [4.78, 5) is 25.9. The molecule has 1 spiro atoms. The van der Waals surface area contributed by atoms with Crippen LogP contribution in [-0.2, 0) is 4.74 Å². The van der Waals surface area contributed by atoms with Gasteiger partial charge >= 0.3 is 6.09 Å². The van der Waals surface area contributed by atoms with Crippen LogP contribution < -0.4 is 4.74 Å². The van der Waals surface area contributed by atoms with Gasteiger partial charge in [0.15, 0.2) is 5.78 Å². The first-order valence-electron chi connectivity index (χ1n) is 7.75. The maximum absolute atomic E-state index is 12.5. The van der Waals surface area contributed by atoms with E-state index in [-0.39, 0.29) is 18.3 Å². The van der Waals surface area contributed by atoms with Gasteiger partial charge in [0.05, 0.1) is 30.2 Å². The van der Waals surface area contributed by atoms with Gasteiger partial charge in [-0.25, -0.2) is 4.79 Å². The van der Waals surface area contributed by atoms with E-state index in [2.05, 4.69) is 0 Å². The molecule has 1 fully saturated rings. The van der Waals surface area contributed by atoms with Crippen molar-refractivity contribution in [2.24, 2.45) is 0 Å². The number of fused-ring (bicyclic) bond motifs is 1. The molecule has 0 aromatic heterocycles. The highest BCUT2D eigenvalue weighted by atomic mass is 16.6. The molecule has 0 atom stereocenters. The topological polar surface area (TPSA) is 79.6 Å². The molecular weight excluding hydrogens is 296 g/mol. The van der Waals surface area contributed by atoms with Crippen LogP contribution >= 0.6 is 0 Å². The quantitative estimate of drug-likeness (QED) is 0.795. The van der Waals surface area contributed by atoms with Gasteiger partial charge in [0.2, 0.25) is 0 Å². The van der Waals surface area contributed by atoms with Crippen LogP contribution in [0.1, 0.15) is 42.1 Å². The standard InChI is InChI=1S/C17H18N2O4/c1-2-22-16(21)19-7-5-17(6-8-19)10-14(20)13-9-12(11-18)3-4-15(13)23-17/h3-4,9H,2,5-8,10H2,1H3. The number of nitriles is 1. The normalized spacial score (nSPS) is 18.8. The Labute approximate surface area is 134 Å². The van der Waals surface area contributed by atoms with Crippen molar-refractivity contribution < 1.29 is 19.1 Å². The van der Waals surface area contributed by atoms with Gasteiger partial charge in [-0.15, -0.1) is 0 Å². The van der Waals surface area contributed by atoms with Gasteiger partial charge in [0.1, 0.15) is 11.4 Å². The number of likely N-dealkylation sites (tertiary alicyclic amines) is 1. The Morgan fingerprint density at radius 3 is 2.83 bits per heavy atom. The van der Waals surface area contributed by atoms with Crippen molar-refractivity contribution >= 4 is 11.9 Å². The van der Waals surface area contributed by atoms with Crippen molar-refractivity contribution in [3.8, 4) is 11.8 Å². The average Bonchev–Trinajstić information content (AvgIpc) is 2.55. The summed E-state index contributed by atoms with van der Waals surface area (Å²) in [6.07, 6.45) is 1.16. The molecule has 0 bridgehead atoms. The van der Waals surface area contributed by atoms with Gasteiger partial charge in [0.25, 0.3) is 0 Å². The zero-order valence-corrected chi connectivity index (χ0v) is 13.0. The second-order valence-corrected chi connectivity index (χ2v) is 5.89. The Morgan fingerprint density at radius 2 is 2.17 bits per heavy atom. The number of hydrogen-bond donors (Lipinski definition) is 0. The summed E-state index contributed by atoms with van der Waals surface area (Å²) in [7, 11) is 0. The molecule has 0 aliphatic carbocycles. The number of hydrogen-bond acceptors (Lipinski definition) is 5. The van der Waals surface area contributed by atoms with Gasteiger partial charge in [0, 0.05) is 25.9 Å². The van der Waals surface area contributed by atoms with Crippen LogP contribution in [0.25, 0.3) is 0 Å². The molecule has 1 aromatic carbocycles. The second-order valence-electron chi connectivity index (χ2n) is 5.89. The number of benzene rings is 1. The molecule has 0 radical (unpaired) electrons. The largest absolute Gasteiger partial charge is 0.486 e. The zero-order valence-electron chi connectivity index (χ0n) is 13.0. The first-order chi connectivity index (χ1) is 11.1. The van der Waals surface area contributed by atoms with E-state index in [1.165, 1.54) is 0 Å². The van der Waals surface area contributed by atoms with Crippen LogP contribution in [0.15, 0.2) is 18.2 Å². The lowest BCUT2D eigenvalue weighted by Crippen LogP contribution is -2.52. The molecule has 1 saturated heterocycles. The number of rotatable bonds is 1. The Morgan fingerprint density at radius 1 is 1.43 bits per heavy atom. The summed E-state index contributed by atoms with van der Waals surface area (Å²) < 4.78 is 11.1. The number of ketones is 1. The third kappa shape index (κ3) is 2.87. The van der Waals surface area contributed by atoms with Crippen molar-refractivity contribution in [1.82, 2.24) is 4.90 Å². The molecule has 1 amide bonds. The molecule has 6 nitrogen and oxygen atoms in total. The molecular formula is C17H18N2O4. The summed E-state index contributed by atoms with van der Waals surface area (Å²) in [6, 6.07) is 6.95. The van der Waals surface area contributed by atoms with Crippen LogP contribution in [0.5, 0.6) is 5.75 Å². The molecule has 0 N–H and O–H groups in total. The summed E-state index contributed by atoms with van der Waals surface area (Å²) in [5, 5.41) is 8.94. The van der Waals surface area contributed by atoms with Crippen molar-refractivity contribution in [3.63, 3.8) is 0 Å². The maximum Gasteiger partial charge on any atom is 0.409 e. The highest BCUT2D eigenvalue weighted by Crippen LogP contribution is 2.39. The van der Waals surface area contributed by atoms with E-state index >= 15 is 0 Å². The summed E-state index contributed by atoms with van der Waals surface area (Å²) in [5.74, 6) is 0.526. The van der Waals surface area contributed by atoms with Gasteiger partial charge in [-0.1, -0.05) is 0 Å². The fourth-order valence-corrected chi connectivity index (χ4v) is 3.15. The number of nitrogens with zero attached hydrogens (tertiary/aromatic N) is 2. The highest BCUT2D eigenvalue weighted by Gasteiger charge is 2.43. The summed E-state index contributed by atoms with van der Waals surface area (Å²) in [5.41, 5.74) is 0.373. The first-order valence-corrected chi connectivity index (χ1v) is 7.75. The SMILES string of the molecule is CCOC(=O)N1CCC2(CC1)CC(=O)c1cc(C#N)ccc1O2. The third-order valence-electron chi connectivity index (χ3n) is 4.42. The molecule has 2 aliphatic heterocycles. The lowest BCUT2D eigenvalue weighted by atomic mass is 9.82. The fourth-order valence-electron chi connectivity index (χ4n) is 3.15. The van der Waals surface area contributed by atoms with Crippen LogP contribution in [0.2, 0.25) is 0 Å². The van der Waals surface area contributed by atoms with E-state index in [9.17, 15) is 9.59 Å². The molecule has 23 heavy (non-hydrogen) atoms. The Hall–Kier alpha value is -2.55. The zero-order chi connectivity index (χ0) is 16.4. The minimum atomic E-state index is -0.554. The van der Waals surface area contributed by atoms with Crippen LogP contribution in [0.3, 0.4) is 0 Å². The van der Waals surface area contributed by atoms with Crippen molar-refractivity contribution in [3.05, 3.63) is 29.3 Å². The molecule has 120 valence electrons. The number of Topliss-reactive ketones (excluding diaryl/α,β-unsaturated/α-hetero) is 1. The van der Waals surface area contributed by atoms with Gasteiger partial charge in [-0.3, -0.25) is 4.79 Å². The molecule has 6 heteroatoms. The van der Waals surface area contributed by atoms with E-state index < -0.39 is 5.60 Å². The van der Waals surface area contributed by atoms with Gasteiger partial charge < -0.3 is 14.4 Å². The molecule has 3 rings (SSSR count). The second kappa shape index (κ2) is 5.92. The highest BCUT2D eigenvalue weighted by molar-refractivity contribution is 6.00. The smallest absolute Gasteiger partial charge is 0.409 e. The fraction of sp³-hybridized carbons (Fsp3) is 0.471. The monoisotopic (exact) mass is 314 g/mol. The Bertz CT molecular complexity index is 684. The van der Waals surface area contributed by atoms with Crippen molar-refractivity contribution in [1.29, 1.82) is 5.26 Å².